The van der Waals surface area contributed by atoms with Gasteiger partial charge < -0.3 is 19.1 Å². The number of methoxy groups -OCH3 is 3. The van der Waals surface area contributed by atoms with E-state index in [0.29, 0.717) is 42.0 Å². The molecular formula is C31H41N5O4. The second kappa shape index (κ2) is 13.3. The maximum atomic E-state index is 14.2. The van der Waals surface area contributed by atoms with Gasteiger partial charge in [0.15, 0.2) is 17.3 Å². The molecule has 5 rings (SSSR count). The molecule has 3 heterocycles. The number of aromatic nitrogens is 3. The summed E-state index contributed by atoms with van der Waals surface area (Å²) in [5.74, 6) is 1.90. The Bertz CT molecular complexity index is 1290. The Kier molecular flexibility index (Phi) is 9.34. The quantitative estimate of drug-likeness (QED) is 0.370. The summed E-state index contributed by atoms with van der Waals surface area (Å²) >= 11 is 0. The van der Waals surface area contributed by atoms with Gasteiger partial charge in [0.1, 0.15) is 5.69 Å². The largest absolute Gasteiger partial charge is 0.493 e. The summed E-state index contributed by atoms with van der Waals surface area (Å²) in [6, 6.07) is 13.8. The zero-order chi connectivity index (χ0) is 27.9. The topological polar surface area (TPSA) is 82.0 Å². The molecule has 9 nitrogen and oxygen atoms in total. The van der Waals surface area contributed by atoms with Crippen LogP contribution in [-0.2, 0) is 6.67 Å². The molecule has 3 aromatic rings. The summed E-state index contributed by atoms with van der Waals surface area (Å²) in [6.45, 7) is 5.06. The minimum Gasteiger partial charge on any atom is -0.493 e. The summed E-state index contributed by atoms with van der Waals surface area (Å²) in [4.78, 5) is 24.0. The van der Waals surface area contributed by atoms with E-state index in [2.05, 4.69) is 9.80 Å². The lowest BCUT2D eigenvalue weighted by Gasteiger charge is -2.31. The summed E-state index contributed by atoms with van der Waals surface area (Å²) < 4.78 is 18.6. The van der Waals surface area contributed by atoms with E-state index in [4.69, 9.17) is 24.3 Å². The highest BCUT2D eigenvalue weighted by Crippen LogP contribution is 2.41. The van der Waals surface area contributed by atoms with Crippen LogP contribution in [0.4, 0.5) is 0 Å². The lowest BCUT2D eigenvalue weighted by Crippen LogP contribution is -2.41. The van der Waals surface area contributed by atoms with Crippen LogP contribution in [0.5, 0.6) is 17.2 Å². The minimum absolute atomic E-state index is 0.152. The summed E-state index contributed by atoms with van der Waals surface area (Å²) in [6.07, 6.45) is 7.05. The van der Waals surface area contributed by atoms with E-state index in [0.717, 1.165) is 63.0 Å². The third-order valence-electron chi connectivity index (χ3n) is 8.02. The lowest BCUT2D eigenvalue weighted by molar-refractivity contribution is 0.168. The first-order valence-corrected chi connectivity index (χ1v) is 14.4. The second-order valence-corrected chi connectivity index (χ2v) is 10.7. The molecule has 9 heteroatoms. The van der Waals surface area contributed by atoms with Crippen LogP contribution >= 0.6 is 0 Å². The molecule has 1 aromatic heterocycles. The Labute approximate surface area is 236 Å². The van der Waals surface area contributed by atoms with Gasteiger partial charge in [0.05, 0.1) is 28.0 Å². The summed E-state index contributed by atoms with van der Waals surface area (Å²) in [7, 11) is 4.83. The van der Waals surface area contributed by atoms with Gasteiger partial charge in [-0.15, -0.1) is 5.10 Å². The van der Waals surface area contributed by atoms with Crippen molar-refractivity contribution >= 4 is 0 Å². The van der Waals surface area contributed by atoms with Gasteiger partial charge in [-0.1, -0.05) is 43.2 Å². The fourth-order valence-corrected chi connectivity index (χ4v) is 5.85. The van der Waals surface area contributed by atoms with E-state index in [1.54, 1.807) is 26.0 Å². The smallest absolute Gasteiger partial charge is 0.290 e. The number of ether oxygens (including phenoxy) is 3. The monoisotopic (exact) mass is 547 g/mol. The van der Waals surface area contributed by atoms with Crippen LogP contribution in [-0.4, -0.2) is 78.6 Å². The van der Waals surface area contributed by atoms with Crippen molar-refractivity contribution in [3.63, 3.8) is 0 Å². The van der Waals surface area contributed by atoms with Gasteiger partial charge >= 0.3 is 0 Å². The van der Waals surface area contributed by atoms with E-state index in [-0.39, 0.29) is 11.5 Å². The number of hydrogen-bond donors (Lipinski definition) is 0. The van der Waals surface area contributed by atoms with Crippen molar-refractivity contribution in [2.24, 2.45) is 0 Å². The third-order valence-corrected chi connectivity index (χ3v) is 8.02. The highest BCUT2D eigenvalue weighted by atomic mass is 16.5. The standard InChI is InChI=1S/C31H41N5O4/c1-38-26-19-24(20-27(39-2)29(26)40-3)25(21-34-15-9-5-10-16-34)28-31(37)36(22-35-17-11-6-12-18-35)33-30(32-28)23-13-7-4-8-14-23/h4,7-8,13-14,19-20,25H,5-6,9-12,15-18,21-22H2,1-3H3/t25-/m0/s1. The summed E-state index contributed by atoms with van der Waals surface area (Å²) in [5, 5.41) is 4.78. The first kappa shape index (κ1) is 28.1. The molecule has 0 aliphatic carbocycles. The average molecular weight is 548 g/mol. The van der Waals surface area contributed by atoms with Gasteiger partial charge in [-0.25, -0.2) is 9.67 Å². The molecule has 0 bridgehead atoms. The fraction of sp³-hybridized carbons (Fsp3) is 0.516. The Balaban J connectivity index is 1.66. The number of likely N-dealkylation sites (tertiary alicyclic amines) is 2. The molecular weight excluding hydrogens is 506 g/mol. The Morgan fingerprint density at radius 3 is 1.98 bits per heavy atom. The van der Waals surface area contributed by atoms with Crippen LogP contribution in [0.15, 0.2) is 47.3 Å². The van der Waals surface area contributed by atoms with Crippen molar-refractivity contribution in [2.45, 2.75) is 51.1 Å². The van der Waals surface area contributed by atoms with E-state index < -0.39 is 0 Å². The van der Waals surface area contributed by atoms with Crippen LogP contribution in [0.25, 0.3) is 11.4 Å². The molecule has 2 aliphatic heterocycles. The highest BCUT2D eigenvalue weighted by Gasteiger charge is 2.29. The molecule has 1 atom stereocenters. The van der Waals surface area contributed by atoms with Crippen molar-refractivity contribution in [3.8, 4) is 28.6 Å². The number of hydrogen-bond acceptors (Lipinski definition) is 8. The molecule has 0 amide bonds. The van der Waals surface area contributed by atoms with Crippen LogP contribution < -0.4 is 19.8 Å². The zero-order valence-corrected chi connectivity index (χ0v) is 24.0. The molecule has 0 N–H and O–H groups in total. The third kappa shape index (κ3) is 6.31. The predicted octanol–water partition coefficient (Wildman–Crippen LogP) is 4.39. The average Bonchev–Trinajstić information content (AvgIpc) is 3.01. The predicted molar refractivity (Wildman–Crippen MR) is 155 cm³/mol. The number of nitrogens with zero attached hydrogens (tertiary/aromatic N) is 5. The Morgan fingerprint density at radius 2 is 1.40 bits per heavy atom. The first-order valence-electron chi connectivity index (χ1n) is 14.4. The second-order valence-electron chi connectivity index (χ2n) is 10.7. The van der Waals surface area contributed by atoms with Gasteiger partial charge in [0.2, 0.25) is 5.75 Å². The van der Waals surface area contributed by atoms with Crippen molar-refractivity contribution in [2.75, 3.05) is 54.1 Å². The van der Waals surface area contributed by atoms with Gasteiger partial charge in [-0.3, -0.25) is 9.69 Å². The number of benzene rings is 2. The lowest BCUT2D eigenvalue weighted by atomic mass is 9.93. The number of rotatable bonds is 10. The molecule has 214 valence electrons. The molecule has 40 heavy (non-hydrogen) atoms. The zero-order valence-electron chi connectivity index (χ0n) is 24.0. The highest BCUT2D eigenvalue weighted by molar-refractivity contribution is 5.57. The molecule has 0 saturated carbocycles. The summed E-state index contributed by atoms with van der Waals surface area (Å²) in [5.41, 5.74) is 2.13. The van der Waals surface area contributed by atoms with Crippen LogP contribution in [0.2, 0.25) is 0 Å². The SMILES string of the molecule is COc1cc([C@H](CN2CCCCC2)c2nc(-c3ccccc3)nn(CN3CCCCC3)c2=O)cc(OC)c1OC. The van der Waals surface area contributed by atoms with Crippen LogP contribution in [0, 0.1) is 0 Å². The van der Waals surface area contributed by atoms with Crippen molar-refractivity contribution in [1.82, 2.24) is 24.6 Å². The van der Waals surface area contributed by atoms with Crippen LogP contribution in [0.3, 0.4) is 0 Å². The molecule has 0 radical (unpaired) electrons. The van der Waals surface area contributed by atoms with Crippen LogP contribution in [0.1, 0.15) is 55.7 Å². The van der Waals surface area contributed by atoms with Gasteiger partial charge in [-0.05, 0) is 69.6 Å². The molecule has 2 fully saturated rings. The van der Waals surface area contributed by atoms with E-state index in [1.807, 2.05) is 42.5 Å². The molecule has 2 aromatic carbocycles. The molecule has 2 saturated heterocycles. The minimum atomic E-state index is -0.308. The fourth-order valence-electron chi connectivity index (χ4n) is 5.85. The Hall–Kier alpha value is -3.43. The van der Waals surface area contributed by atoms with Gasteiger partial charge in [0, 0.05) is 18.0 Å². The molecule has 2 aliphatic rings. The molecule has 0 spiro atoms. The Morgan fingerprint density at radius 1 is 0.800 bits per heavy atom. The van der Waals surface area contributed by atoms with Gasteiger partial charge in [-0.2, -0.15) is 0 Å². The normalized spacial score (nSPS) is 17.4. The van der Waals surface area contributed by atoms with E-state index in [9.17, 15) is 4.79 Å². The maximum absolute atomic E-state index is 14.2. The van der Waals surface area contributed by atoms with E-state index in [1.165, 1.54) is 12.8 Å². The molecule has 0 unspecified atom stereocenters. The van der Waals surface area contributed by atoms with Crippen molar-refractivity contribution in [1.29, 1.82) is 0 Å². The maximum Gasteiger partial charge on any atom is 0.290 e. The van der Waals surface area contributed by atoms with Gasteiger partial charge in [0.25, 0.3) is 5.56 Å². The number of piperidine rings is 2. The van der Waals surface area contributed by atoms with Crippen molar-refractivity contribution < 1.29 is 14.2 Å². The van der Waals surface area contributed by atoms with E-state index >= 15 is 0 Å². The first-order chi connectivity index (χ1) is 19.6. The van der Waals surface area contributed by atoms with Crippen molar-refractivity contribution in [3.05, 3.63) is 64.1 Å².